The maximum absolute atomic E-state index is 12.5. The third-order valence-electron chi connectivity index (χ3n) is 4.43. The summed E-state index contributed by atoms with van der Waals surface area (Å²) >= 11 is 0. The molecule has 0 atom stereocenters. The van der Waals surface area contributed by atoms with E-state index in [9.17, 15) is 14.4 Å². The summed E-state index contributed by atoms with van der Waals surface area (Å²) in [5.74, 6) is -0.0966. The number of rotatable bonds is 5. The Morgan fingerprint density at radius 2 is 1.62 bits per heavy atom. The van der Waals surface area contributed by atoms with Gasteiger partial charge >= 0.3 is 6.09 Å². The van der Waals surface area contributed by atoms with Crippen LogP contribution < -0.4 is 4.90 Å². The third-order valence-corrected chi connectivity index (χ3v) is 4.43. The van der Waals surface area contributed by atoms with E-state index >= 15 is 0 Å². The van der Waals surface area contributed by atoms with Gasteiger partial charge in [-0.15, -0.1) is 0 Å². The highest BCUT2D eigenvalue weighted by atomic mass is 16.6. The lowest BCUT2D eigenvalue weighted by atomic mass is 10.2. The molecule has 0 radical (unpaired) electrons. The van der Waals surface area contributed by atoms with Gasteiger partial charge in [0.1, 0.15) is 0 Å². The Morgan fingerprint density at radius 3 is 2.15 bits per heavy atom. The second-order valence-corrected chi connectivity index (χ2v) is 6.32. The summed E-state index contributed by atoms with van der Waals surface area (Å²) in [6, 6.07) is 7.67. The van der Waals surface area contributed by atoms with Crippen molar-refractivity contribution in [3.05, 3.63) is 29.8 Å². The molecule has 1 aromatic rings. The third kappa shape index (κ3) is 5.21. The maximum atomic E-state index is 12.5. The minimum atomic E-state index is -0.332. The van der Waals surface area contributed by atoms with Gasteiger partial charge in [0.15, 0.2) is 0 Å². The zero-order valence-corrected chi connectivity index (χ0v) is 15.7. The normalized spacial score (nSPS) is 14.1. The molecule has 26 heavy (non-hydrogen) atoms. The van der Waals surface area contributed by atoms with Gasteiger partial charge in [-0.05, 0) is 26.0 Å². The first-order chi connectivity index (χ1) is 12.4. The van der Waals surface area contributed by atoms with Crippen molar-refractivity contribution in [3.8, 4) is 0 Å². The monoisotopic (exact) mass is 361 g/mol. The van der Waals surface area contributed by atoms with E-state index in [0.717, 1.165) is 11.3 Å². The first-order valence-corrected chi connectivity index (χ1v) is 8.96. The van der Waals surface area contributed by atoms with Crippen molar-refractivity contribution in [2.24, 2.45) is 0 Å². The van der Waals surface area contributed by atoms with Crippen LogP contribution in [0.25, 0.3) is 0 Å². The highest BCUT2D eigenvalue weighted by Gasteiger charge is 2.25. The molecule has 1 saturated heterocycles. The predicted octanol–water partition coefficient (Wildman–Crippen LogP) is 2.04. The molecule has 142 valence electrons. The van der Waals surface area contributed by atoms with Crippen LogP contribution in [0.2, 0.25) is 0 Å². The molecule has 3 amide bonds. The number of aryl methyl sites for hydroxylation is 1. The summed E-state index contributed by atoms with van der Waals surface area (Å²) in [4.78, 5) is 41.1. The quantitative estimate of drug-likeness (QED) is 0.805. The fourth-order valence-corrected chi connectivity index (χ4v) is 2.91. The maximum Gasteiger partial charge on any atom is 0.409 e. The van der Waals surface area contributed by atoms with Crippen LogP contribution in [0, 0.1) is 6.92 Å². The number of carbonyl (C=O) groups is 3. The molecule has 0 aliphatic carbocycles. The van der Waals surface area contributed by atoms with Crippen molar-refractivity contribution in [3.63, 3.8) is 0 Å². The van der Waals surface area contributed by atoms with Crippen molar-refractivity contribution in [2.45, 2.75) is 27.2 Å². The molecular weight excluding hydrogens is 334 g/mol. The largest absolute Gasteiger partial charge is 0.450 e. The lowest BCUT2D eigenvalue weighted by molar-refractivity contribution is -0.132. The van der Waals surface area contributed by atoms with E-state index in [0.29, 0.717) is 39.3 Å². The SMILES string of the molecule is CCOC(=O)N1CCN(C(=O)CCN(C(C)=O)c2ccc(C)cc2)CC1. The first-order valence-electron chi connectivity index (χ1n) is 8.96. The number of anilines is 1. The molecule has 1 fully saturated rings. The van der Waals surface area contributed by atoms with Crippen molar-refractivity contribution in [2.75, 3.05) is 44.2 Å². The van der Waals surface area contributed by atoms with Crippen LogP contribution in [-0.4, -0.2) is 67.0 Å². The summed E-state index contributed by atoms with van der Waals surface area (Å²) in [6.45, 7) is 7.87. The van der Waals surface area contributed by atoms with Crippen LogP contribution in [0.4, 0.5) is 10.5 Å². The van der Waals surface area contributed by atoms with E-state index < -0.39 is 0 Å². The first kappa shape index (κ1) is 19.8. The van der Waals surface area contributed by atoms with E-state index in [1.165, 1.54) is 6.92 Å². The molecule has 0 aromatic heterocycles. The number of benzene rings is 1. The van der Waals surface area contributed by atoms with Gasteiger partial charge in [-0.25, -0.2) is 4.79 Å². The van der Waals surface area contributed by atoms with Gasteiger partial charge in [-0.3, -0.25) is 9.59 Å². The molecule has 0 unspecified atom stereocenters. The van der Waals surface area contributed by atoms with Gasteiger partial charge in [0.25, 0.3) is 0 Å². The number of nitrogens with zero attached hydrogens (tertiary/aromatic N) is 3. The van der Waals surface area contributed by atoms with Crippen LogP contribution in [0.3, 0.4) is 0 Å². The molecule has 2 rings (SSSR count). The van der Waals surface area contributed by atoms with Crippen LogP contribution >= 0.6 is 0 Å². The average molecular weight is 361 g/mol. The van der Waals surface area contributed by atoms with E-state index in [2.05, 4.69) is 0 Å². The van der Waals surface area contributed by atoms with Crippen molar-refractivity contribution < 1.29 is 19.1 Å². The molecule has 0 saturated carbocycles. The Morgan fingerprint density at radius 1 is 1.04 bits per heavy atom. The number of ether oxygens (including phenoxy) is 1. The van der Waals surface area contributed by atoms with E-state index in [-0.39, 0.29) is 24.3 Å². The smallest absolute Gasteiger partial charge is 0.409 e. The van der Waals surface area contributed by atoms with Gasteiger partial charge in [0.05, 0.1) is 6.61 Å². The summed E-state index contributed by atoms with van der Waals surface area (Å²) < 4.78 is 4.98. The van der Waals surface area contributed by atoms with E-state index in [4.69, 9.17) is 4.74 Å². The molecule has 0 bridgehead atoms. The molecule has 1 heterocycles. The van der Waals surface area contributed by atoms with Crippen molar-refractivity contribution in [1.82, 2.24) is 9.80 Å². The Balaban J connectivity index is 1.86. The number of carbonyl (C=O) groups excluding carboxylic acids is 3. The summed E-state index contributed by atoms with van der Waals surface area (Å²) in [5, 5.41) is 0. The van der Waals surface area contributed by atoms with Crippen LogP contribution in [0.1, 0.15) is 25.8 Å². The highest BCUT2D eigenvalue weighted by molar-refractivity contribution is 5.92. The number of hydrogen-bond donors (Lipinski definition) is 0. The van der Waals surface area contributed by atoms with E-state index in [1.54, 1.807) is 21.6 Å². The Hall–Kier alpha value is -2.57. The van der Waals surface area contributed by atoms with Crippen molar-refractivity contribution >= 4 is 23.6 Å². The number of piperazine rings is 1. The van der Waals surface area contributed by atoms with Crippen molar-refractivity contribution in [1.29, 1.82) is 0 Å². The molecule has 1 aliphatic heterocycles. The summed E-state index contributed by atoms with van der Waals surface area (Å²) in [6.07, 6.45) is -0.0749. The second kappa shape index (κ2) is 9.22. The minimum Gasteiger partial charge on any atom is -0.450 e. The molecular formula is C19H27N3O4. The molecule has 0 spiro atoms. The average Bonchev–Trinajstić information content (AvgIpc) is 2.63. The van der Waals surface area contributed by atoms with Gasteiger partial charge in [0, 0.05) is 51.8 Å². The fraction of sp³-hybridized carbons (Fsp3) is 0.526. The topological polar surface area (TPSA) is 70.2 Å². The van der Waals surface area contributed by atoms with Gasteiger partial charge < -0.3 is 19.4 Å². The molecule has 7 nitrogen and oxygen atoms in total. The fourth-order valence-electron chi connectivity index (χ4n) is 2.91. The zero-order valence-electron chi connectivity index (χ0n) is 15.7. The Labute approximate surface area is 154 Å². The predicted molar refractivity (Wildman–Crippen MR) is 99.0 cm³/mol. The standard InChI is InChI=1S/C19H27N3O4/c1-4-26-19(25)21-13-11-20(12-14-21)18(24)9-10-22(16(3)23)17-7-5-15(2)6-8-17/h5-8H,4,9-14H2,1-3H3. The van der Waals surface area contributed by atoms with Gasteiger partial charge in [-0.1, -0.05) is 17.7 Å². The second-order valence-electron chi connectivity index (χ2n) is 6.32. The lowest BCUT2D eigenvalue weighted by Gasteiger charge is -2.34. The lowest BCUT2D eigenvalue weighted by Crippen LogP contribution is -2.51. The van der Waals surface area contributed by atoms with Crippen LogP contribution in [0.15, 0.2) is 24.3 Å². The highest BCUT2D eigenvalue weighted by Crippen LogP contribution is 2.16. The molecule has 1 aliphatic rings. The van der Waals surface area contributed by atoms with Gasteiger partial charge in [0.2, 0.25) is 11.8 Å². The summed E-state index contributed by atoms with van der Waals surface area (Å²) in [7, 11) is 0. The Bertz CT molecular complexity index is 637. The zero-order chi connectivity index (χ0) is 19.1. The molecule has 1 aromatic carbocycles. The minimum absolute atomic E-state index is 0.00753. The van der Waals surface area contributed by atoms with Crippen LogP contribution in [-0.2, 0) is 14.3 Å². The van der Waals surface area contributed by atoms with Gasteiger partial charge in [-0.2, -0.15) is 0 Å². The molecule has 0 N–H and O–H groups in total. The Kier molecular flexibility index (Phi) is 7.00. The van der Waals surface area contributed by atoms with Crippen LogP contribution in [0.5, 0.6) is 0 Å². The van der Waals surface area contributed by atoms with E-state index in [1.807, 2.05) is 31.2 Å². The summed E-state index contributed by atoms with van der Waals surface area (Å²) in [5.41, 5.74) is 1.91. The number of amides is 3. The molecule has 7 heteroatoms. The number of hydrogen-bond acceptors (Lipinski definition) is 4.